The van der Waals surface area contributed by atoms with Crippen LogP contribution in [0.2, 0.25) is 5.02 Å². The molecule has 146 valence electrons. The fourth-order valence-corrected chi connectivity index (χ4v) is 5.55. The molecular formula is C18H30ClN5OS. The number of halogens is 1. The van der Waals surface area contributed by atoms with Gasteiger partial charge in [-0.1, -0.05) is 11.6 Å². The van der Waals surface area contributed by atoms with E-state index in [1.54, 1.807) is 0 Å². The highest BCUT2D eigenvalue weighted by Gasteiger charge is 2.40. The standard InChI is InChI=1S/C18H30ClN5OS/c1-20-17(23(3)12-16-10-15(19)11-22(16)2)21-13-18(4-9-26-14-18)24-5-7-25-8-6-24/h10-11H,4-9,12-14H2,1-3H3,(H,20,21). The maximum atomic E-state index is 6.11. The fraction of sp³-hybridized carbons (Fsp3) is 0.722. The molecule has 26 heavy (non-hydrogen) atoms. The van der Waals surface area contributed by atoms with Gasteiger partial charge >= 0.3 is 0 Å². The van der Waals surface area contributed by atoms with Gasteiger partial charge < -0.3 is 19.5 Å². The first-order valence-corrected chi connectivity index (χ1v) is 10.7. The number of aryl methyl sites for hydroxylation is 1. The lowest BCUT2D eigenvalue weighted by Crippen LogP contribution is -2.60. The monoisotopic (exact) mass is 399 g/mol. The Bertz CT molecular complexity index is 623. The van der Waals surface area contributed by atoms with Crippen LogP contribution in [0.15, 0.2) is 17.3 Å². The highest BCUT2D eigenvalue weighted by atomic mass is 35.5. The zero-order chi connectivity index (χ0) is 18.6. The number of rotatable bonds is 5. The van der Waals surface area contributed by atoms with E-state index in [2.05, 4.69) is 43.5 Å². The van der Waals surface area contributed by atoms with Crippen LogP contribution in [0, 0.1) is 0 Å². The van der Waals surface area contributed by atoms with Gasteiger partial charge in [-0.15, -0.1) is 0 Å². The van der Waals surface area contributed by atoms with Gasteiger partial charge in [0.1, 0.15) is 0 Å². The van der Waals surface area contributed by atoms with E-state index in [1.165, 1.54) is 23.6 Å². The molecule has 2 fully saturated rings. The molecule has 0 bridgehead atoms. The molecule has 3 rings (SSSR count). The van der Waals surface area contributed by atoms with Gasteiger partial charge in [-0.25, -0.2) is 0 Å². The van der Waals surface area contributed by atoms with E-state index in [0.717, 1.165) is 50.4 Å². The lowest BCUT2D eigenvalue weighted by atomic mass is 9.95. The third kappa shape index (κ3) is 4.50. The van der Waals surface area contributed by atoms with Gasteiger partial charge in [0.15, 0.2) is 5.96 Å². The second-order valence-corrected chi connectivity index (χ2v) is 8.69. The molecule has 1 aromatic rings. The predicted octanol–water partition coefficient (Wildman–Crippen LogP) is 1.89. The van der Waals surface area contributed by atoms with Crippen molar-refractivity contribution in [3.05, 3.63) is 23.0 Å². The van der Waals surface area contributed by atoms with Crippen LogP contribution in [-0.4, -0.2) is 84.3 Å². The normalized spacial score (nSPS) is 24.8. The maximum absolute atomic E-state index is 6.11. The van der Waals surface area contributed by atoms with E-state index in [-0.39, 0.29) is 5.54 Å². The average molecular weight is 400 g/mol. The molecule has 1 N–H and O–H groups in total. The molecule has 2 aliphatic heterocycles. The SMILES string of the molecule is CN=C(NCC1(N2CCOCC2)CCSC1)N(C)Cc1cc(Cl)cn1C. The van der Waals surface area contributed by atoms with Crippen LogP contribution in [0.4, 0.5) is 0 Å². The Kier molecular flexibility index (Phi) is 6.77. The summed E-state index contributed by atoms with van der Waals surface area (Å²) < 4.78 is 7.62. The summed E-state index contributed by atoms with van der Waals surface area (Å²) in [7, 11) is 5.94. The summed E-state index contributed by atoms with van der Waals surface area (Å²) in [6.07, 6.45) is 3.16. The Hall–Kier alpha value is -0.890. The van der Waals surface area contributed by atoms with Crippen molar-refractivity contribution in [3.63, 3.8) is 0 Å². The van der Waals surface area contributed by atoms with E-state index in [9.17, 15) is 0 Å². The molecule has 0 radical (unpaired) electrons. The van der Waals surface area contributed by atoms with E-state index in [0.29, 0.717) is 0 Å². The minimum absolute atomic E-state index is 0.208. The second-order valence-electron chi connectivity index (χ2n) is 7.14. The molecule has 0 aliphatic carbocycles. The molecule has 1 unspecified atom stereocenters. The number of hydrogen-bond acceptors (Lipinski definition) is 4. The molecule has 0 spiro atoms. The second kappa shape index (κ2) is 8.87. The van der Waals surface area contributed by atoms with E-state index < -0.39 is 0 Å². The molecular weight excluding hydrogens is 370 g/mol. The molecule has 8 heteroatoms. The summed E-state index contributed by atoms with van der Waals surface area (Å²) in [6, 6.07) is 2.01. The van der Waals surface area contributed by atoms with Gasteiger partial charge in [0.05, 0.1) is 24.8 Å². The molecule has 1 aromatic heterocycles. The quantitative estimate of drug-likeness (QED) is 0.605. The Balaban J connectivity index is 1.62. The van der Waals surface area contributed by atoms with Gasteiger partial charge in [-0.2, -0.15) is 11.8 Å². The van der Waals surface area contributed by atoms with Gasteiger partial charge in [0, 0.05) is 64.0 Å². The number of morpholine rings is 1. The van der Waals surface area contributed by atoms with Crippen molar-refractivity contribution in [2.45, 2.75) is 18.5 Å². The smallest absolute Gasteiger partial charge is 0.193 e. The molecule has 6 nitrogen and oxygen atoms in total. The first kappa shape index (κ1) is 19.9. The van der Waals surface area contributed by atoms with E-state index in [1.807, 2.05) is 26.4 Å². The van der Waals surface area contributed by atoms with Crippen LogP contribution < -0.4 is 5.32 Å². The number of thioether (sulfide) groups is 1. The minimum atomic E-state index is 0.208. The zero-order valence-corrected chi connectivity index (χ0v) is 17.6. The van der Waals surface area contributed by atoms with E-state index >= 15 is 0 Å². The number of nitrogens with one attached hydrogen (secondary N) is 1. The van der Waals surface area contributed by atoms with Crippen LogP contribution in [0.1, 0.15) is 12.1 Å². The Morgan fingerprint density at radius 2 is 2.23 bits per heavy atom. The molecule has 1 atom stereocenters. The number of guanidine groups is 1. The highest BCUT2D eigenvalue weighted by molar-refractivity contribution is 7.99. The summed E-state index contributed by atoms with van der Waals surface area (Å²) in [5.74, 6) is 3.33. The molecule has 3 heterocycles. The van der Waals surface area contributed by atoms with Crippen molar-refractivity contribution in [2.24, 2.45) is 12.0 Å². The number of ether oxygens (including phenoxy) is 1. The third-order valence-electron chi connectivity index (χ3n) is 5.39. The molecule has 2 aliphatic rings. The largest absolute Gasteiger partial charge is 0.379 e. The summed E-state index contributed by atoms with van der Waals surface area (Å²) in [6.45, 7) is 5.43. The summed E-state index contributed by atoms with van der Waals surface area (Å²) >= 11 is 8.17. The topological polar surface area (TPSA) is 45.0 Å². The predicted molar refractivity (Wildman–Crippen MR) is 110 cm³/mol. The van der Waals surface area contributed by atoms with Crippen molar-refractivity contribution >= 4 is 29.3 Å². The van der Waals surface area contributed by atoms with Gasteiger partial charge in [-0.05, 0) is 18.2 Å². The first-order chi connectivity index (χ1) is 12.5. The van der Waals surface area contributed by atoms with E-state index in [4.69, 9.17) is 16.3 Å². The van der Waals surface area contributed by atoms with Crippen LogP contribution in [0.3, 0.4) is 0 Å². The number of aliphatic imine (C=N–C) groups is 1. The number of nitrogens with zero attached hydrogens (tertiary/aromatic N) is 4. The van der Waals surface area contributed by atoms with Crippen molar-refractivity contribution in [1.82, 2.24) is 19.7 Å². The van der Waals surface area contributed by atoms with Gasteiger partial charge in [0.25, 0.3) is 0 Å². The Morgan fingerprint density at radius 1 is 1.46 bits per heavy atom. The summed E-state index contributed by atoms with van der Waals surface area (Å²) in [5, 5.41) is 4.41. The van der Waals surface area contributed by atoms with Crippen LogP contribution in [0.5, 0.6) is 0 Å². The molecule has 0 amide bonds. The molecule has 2 saturated heterocycles. The maximum Gasteiger partial charge on any atom is 0.193 e. The number of hydrogen-bond donors (Lipinski definition) is 1. The third-order valence-corrected chi connectivity index (χ3v) is 6.83. The number of aromatic nitrogens is 1. The minimum Gasteiger partial charge on any atom is -0.379 e. The van der Waals surface area contributed by atoms with Crippen LogP contribution >= 0.6 is 23.4 Å². The molecule has 0 aromatic carbocycles. The Labute approximate surface area is 165 Å². The fourth-order valence-electron chi connectivity index (χ4n) is 3.80. The molecule has 0 saturated carbocycles. The van der Waals surface area contributed by atoms with Crippen molar-refractivity contribution in [2.75, 3.05) is 58.4 Å². The highest BCUT2D eigenvalue weighted by Crippen LogP contribution is 2.33. The summed E-state index contributed by atoms with van der Waals surface area (Å²) in [5.41, 5.74) is 1.37. The van der Waals surface area contributed by atoms with Crippen molar-refractivity contribution in [1.29, 1.82) is 0 Å². The lowest BCUT2D eigenvalue weighted by molar-refractivity contribution is -0.0121. The zero-order valence-electron chi connectivity index (χ0n) is 16.0. The van der Waals surface area contributed by atoms with Gasteiger partial charge in [0.2, 0.25) is 0 Å². The van der Waals surface area contributed by atoms with Gasteiger partial charge in [-0.3, -0.25) is 9.89 Å². The van der Waals surface area contributed by atoms with Crippen molar-refractivity contribution in [3.8, 4) is 0 Å². The van der Waals surface area contributed by atoms with Crippen LogP contribution in [0.25, 0.3) is 0 Å². The first-order valence-electron chi connectivity index (χ1n) is 9.17. The Morgan fingerprint density at radius 3 is 2.81 bits per heavy atom. The lowest BCUT2D eigenvalue weighted by Gasteiger charge is -2.43. The summed E-state index contributed by atoms with van der Waals surface area (Å²) in [4.78, 5) is 9.27. The average Bonchev–Trinajstić information content (AvgIpc) is 3.24. The van der Waals surface area contributed by atoms with Crippen molar-refractivity contribution < 1.29 is 4.74 Å². The van der Waals surface area contributed by atoms with Crippen LogP contribution in [-0.2, 0) is 18.3 Å².